The van der Waals surface area contributed by atoms with Gasteiger partial charge in [0.2, 0.25) is 0 Å². The lowest BCUT2D eigenvalue weighted by Gasteiger charge is -2.43. The van der Waals surface area contributed by atoms with Crippen molar-refractivity contribution in [3.05, 3.63) is 108 Å². The zero-order valence-electron chi connectivity index (χ0n) is 19.0. The van der Waals surface area contributed by atoms with Crippen LogP contribution in [0.2, 0.25) is 0 Å². The topological polar surface area (TPSA) is 57.2 Å². The van der Waals surface area contributed by atoms with Crippen LogP contribution in [0.5, 0.6) is 0 Å². The van der Waals surface area contributed by atoms with Crippen LogP contribution >= 0.6 is 0 Å². The molecule has 5 atom stereocenters. The standard InChI is InChI=1S/C28H32O5/c1-21-25(20-30-17-22-11-5-2-6-12-22)33-28(29)27(32-19-24-15-9-4-10-16-24)26(21)31-18-23-13-7-3-8-14-23/h2-16,21,25-29H,17-20H2,1H3/t21-,25-,26+,27+,28?/m1/s1. The summed E-state index contributed by atoms with van der Waals surface area (Å²) in [7, 11) is 0. The molecule has 0 aliphatic carbocycles. The van der Waals surface area contributed by atoms with E-state index in [2.05, 4.69) is 6.92 Å². The van der Waals surface area contributed by atoms with Crippen molar-refractivity contribution < 1.29 is 24.1 Å². The first-order chi connectivity index (χ1) is 16.2. The molecule has 5 nitrogen and oxygen atoms in total. The van der Waals surface area contributed by atoms with Gasteiger partial charge in [0.25, 0.3) is 0 Å². The van der Waals surface area contributed by atoms with Gasteiger partial charge in [0.1, 0.15) is 6.10 Å². The summed E-state index contributed by atoms with van der Waals surface area (Å²) in [5.74, 6) is -0.0336. The van der Waals surface area contributed by atoms with Gasteiger partial charge in [0, 0.05) is 5.92 Å². The number of hydrogen-bond donors (Lipinski definition) is 1. The zero-order valence-corrected chi connectivity index (χ0v) is 19.0. The summed E-state index contributed by atoms with van der Waals surface area (Å²) in [5, 5.41) is 10.8. The maximum atomic E-state index is 10.8. The summed E-state index contributed by atoms with van der Waals surface area (Å²) < 4.78 is 24.3. The van der Waals surface area contributed by atoms with E-state index in [9.17, 15) is 5.11 Å². The highest BCUT2D eigenvalue weighted by Gasteiger charge is 2.44. The number of aliphatic hydroxyl groups is 1. The molecule has 174 valence electrons. The molecule has 1 heterocycles. The van der Waals surface area contributed by atoms with E-state index in [4.69, 9.17) is 18.9 Å². The highest BCUT2D eigenvalue weighted by Crippen LogP contribution is 2.31. The predicted molar refractivity (Wildman–Crippen MR) is 126 cm³/mol. The Bertz CT molecular complexity index is 934. The quantitative estimate of drug-likeness (QED) is 0.486. The molecule has 1 aliphatic heterocycles. The van der Waals surface area contributed by atoms with E-state index in [-0.39, 0.29) is 18.1 Å². The minimum absolute atomic E-state index is 0.0336. The lowest BCUT2D eigenvalue weighted by Crippen LogP contribution is -2.56. The van der Waals surface area contributed by atoms with Crippen molar-refractivity contribution >= 4 is 0 Å². The normalized spacial score (nSPS) is 25.1. The molecule has 1 N–H and O–H groups in total. The molecule has 5 heteroatoms. The first kappa shape index (κ1) is 23.6. The monoisotopic (exact) mass is 448 g/mol. The molecule has 33 heavy (non-hydrogen) atoms. The van der Waals surface area contributed by atoms with Crippen LogP contribution in [0.25, 0.3) is 0 Å². The molecule has 3 aromatic carbocycles. The second kappa shape index (κ2) is 12.1. The molecule has 1 saturated heterocycles. The van der Waals surface area contributed by atoms with E-state index in [0.717, 1.165) is 16.7 Å². The van der Waals surface area contributed by atoms with Gasteiger partial charge < -0.3 is 24.1 Å². The van der Waals surface area contributed by atoms with Crippen LogP contribution in [0.3, 0.4) is 0 Å². The third-order valence-corrected chi connectivity index (χ3v) is 5.99. The van der Waals surface area contributed by atoms with Gasteiger partial charge in [-0.3, -0.25) is 0 Å². The third kappa shape index (κ3) is 6.73. The molecule has 1 fully saturated rings. The molecule has 0 amide bonds. The number of hydrogen-bond acceptors (Lipinski definition) is 5. The summed E-state index contributed by atoms with van der Waals surface area (Å²) in [6.45, 7) is 3.73. The Balaban J connectivity index is 1.41. The Hall–Kier alpha value is -2.54. The fourth-order valence-corrected chi connectivity index (χ4v) is 4.07. The fraction of sp³-hybridized carbons (Fsp3) is 0.357. The van der Waals surface area contributed by atoms with Crippen LogP contribution in [-0.4, -0.2) is 36.3 Å². The van der Waals surface area contributed by atoms with Crippen LogP contribution in [0.4, 0.5) is 0 Å². The van der Waals surface area contributed by atoms with Crippen molar-refractivity contribution in [1.82, 2.24) is 0 Å². The zero-order chi connectivity index (χ0) is 22.9. The van der Waals surface area contributed by atoms with E-state index in [1.807, 2.05) is 91.0 Å². The Kier molecular flexibility index (Phi) is 8.64. The van der Waals surface area contributed by atoms with Gasteiger partial charge >= 0.3 is 0 Å². The van der Waals surface area contributed by atoms with E-state index < -0.39 is 12.4 Å². The van der Waals surface area contributed by atoms with Crippen molar-refractivity contribution in [2.75, 3.05) is 6.61 Å². The molecule has 0 radical (unpaired) electrons. The van der Waals surface area contributed by atoms with Gasteiger partial charge in [-0.2, -0.15) is 0 Å². The van der Waals surface area contributed by atoms with Crippen molar-refractivity contribution in [2.45, 2.75) is 51.3 Å². The van der Waals surface area contributed by atoms with Gasteiger partial charge in [0.05, 0.1) is 38.6 Å². The van der Waals surface area contributed by atoms with Crippen molar-refractivity contribution in [3.8, 4) is 0 Å². The second-order valence-corrected chi connectivity index (χ2v) is 8.45. The van der Waals surface area contributed by atoms with Gasteiger partial charge in [-0.15, -0.1) is 0 Å². The van der Waals surface area contributed by atoms with E-state index in [1.54, 1.807) is 0 Å². The van der Waals surface area contributed by atoms with Crippen LogP contribution in [0.15, 0.2) is 91.0 Å². The maximum absolute atomic E-state index is 10.8. The van der Waals surface area contributed by atoms with E-state index in [0.29, 0.717) is 26.4 Å². The third-order valence-electron chi connectivity index (χ3n) is 5.99. The SMILES string of the molecule is C[C@H]1[C@H](OCc2ccccc2)[C@H](OCc2ccccc2)C(O)O[C@@H]1COCc1ccccc1. The molecule has 1 aliphatic rings. The molecule has 0 aromatic heterocycles. The van der Waals surface area contributed by atoms with Gasteiger partial charge in [0.15, 0.2) is 6.29 Å². The van der Waals surface area contributed by atoms with Crippen molar-refractivity contribution in [2.24, 2.45) is 5.92 Å². The molecule has 0 spiro atoms. The van der Waals surface area contributed by atoms with Crippen molar-refractivity contribution in [3.63, 3.8) is 0 Å². The first-order valence-electron chi connectivity index (χ1n) is 11.5. The van der Waals surface area contributed by atoms with E-state index in [1.165, 1.54) is 0 Å². The largest absolute Gasteiger partial charge is 0.374 e. The van der Waals surface area contributed by atoms with Gasteiger partial charge in [-0.05, 0) is 16.7 Å². The van der Waals surface area contributed by atoms with Crippen LogP contribution in [-0.2, 0) is 38.8 Å². The summed E-state index contributed by atoms with van der Waals surface area (Å²) in [4.78, 5) is 0. The Morgan fingerprint density at radius 2 is 1.12 bits per heavy atom. The summed E-state index contributed by atoms with van der Waals surface area (Å²) in [6.07, 6.45) is -2.35. The second-order valence-electron chi connectivity index (χ2n) is 8.45. The smallest absolute Gasteiger partial charge is 0.184 e. The molecular weight excluding hydrogens is 416 g/mol. The lowest BCUT2D eigenvalue weighted by atomic mass is 9.90. The molecule has 1 unspecified atom stereocenters. The van der Waals surface area contributed by atoms with Crippen LogP contribution < -0.4 is 0 Å². The summed E-state index contributed by atoms with van der Waals surface area (Å²) in [6, 6.07) is 29.9. The number of ether oxygens (including phenoxy) is 4. The molecular formula is C28H32O5. The van der Waals surface area contributed by atoms with Crippen LogP contribution in [0, 0.1) is 5.92 Å². The number of benzene rings is 3. The summed E-state index contributed by atoms with van der Waals surface area (Å²) >= 11 is 0. The predicted octanol–water partition coefficient (Wildman–Crippen LogP) is 4.73. The average molecular weight is 449 g/mol. The Morgan fingerprint density at radius 3 is 1.64 bits per heavy atom. The first-order valence-corrected chi connectivity index (χ1v) is 11.5. The molecule has 0 saturated carbocycles. The number of aliphatic hydroxyl groups excluding tert-OH is 1. The van der Waals surface area contributed by atoms with E-state index >= 15 is 0 Å². The highest BCUT2D eigenvalue weighted by atomic mass is 16.7. The van der Waals surface area contributed by atoms with Crippen LogP contribution in [0.1, 0.15) is 23.6 Å². The fourth-order valence-electron chi connectivity index (χ4n) is 4.07. The molecule has 0 bridgehead atoms. The minimum Gasteiger partial charge on any atom is -0.374 e. The average Bonchev–Trinajstić information content (AvgIpc) is 2.86. The minimum atomic E-state index is -1.10. The summed E-state index contributed by atoms with van der Waals surface area (Å²) in [5.41, 5.74) is 3.21. The van der Waals surface area contributed by atoms with Gasteiger partial charge in [-0.25, -0.2) is 0 Å². The Labute approximate surface area is 195 Å². The highest BCUT2D eigenvalue weighted by molar-refractivity contribution is 5.15. The van der Waals surface area contributed by atoms with Gasteiger partial charge in [-0.1, -0.05) is 97.9 Å². The maximum Gasteiger partial charge on any atom is 0.184 e. The Morgan fingerprint density at radius 1 is 0.667 bits per heavy atom. The lowest BCUT2D eigenvalue weighted by molar-refractivity contribution is -0.295. The molecule has 4 rings (SSSR count). The number of rotatable bonds is 10. The molecule has 3 aromatic rings. The van der Waals surface area contributed by atoms with Crippen molar-refractivity contribution in [1.29, 1.82) is 0 Å².